The lowest BCUT2D eigenvalue weighted by Crippen LogP contribution is -2.48. The zero-order valence-corrected chi connectivity index (χ0v) is 10.8. The highest BCUT2D eigenvalue weighted by atomic mass is 32.1. The van der Waals surface area contributed by atoms with Crippen LogP contribution in [0.2, 0.25) is 0 Å². The number of nitrogens with one attached hydrogen (secondary N) is 3. The third-order valence-electron chi connectivity index (χ3n) is 2.48. The molecule has 4 nitrogen and oxygen atoms in total. The molecule has 0 heterocycles. The van der Waals surface area contributed by atoms with Crippen LogP contribution in [0.25, 0.3) is 0 Å². The molecule has 0 bridgehead atoms. The van der Waals surface area contributed by atoms with Crippen molar-refractivity contribution in [2.45, 2.75) is 51.6 Å². The second-order valence-corrected chi connectivity index (χ2v) is 4.67. The SMILES string of the molecule is CCCCNC(=S)NC(C)C(=O)NC1CC1. The summed E-state index contributed by atoms with van der Waals surface area (Å²) in [4.78, 5) is 11.6. The summed E-state index contributed by atoms with van der Waals surface area (Å²) in [6.07, 6.45) is 4.44. The molecule has 3 N–H and O–H groups in total. The zero-order chi connectivity index (χ0) is 12.0. The van der Waals surface area contributed by atoms with Crippen molar-refractivity contribution in [2.24, 2.45) is 0 Å². The number of hydrogen-bond acceptors (Lipinski definition) is 2. The van der Waals surface area contributed by atoms with E-state index in [2.05, 4.69) is 22.9 Å². The van der Waals surface area contributed by atoms with E-state index >= 15 is 0 Å². The quantitative estimate of drug-likeness (QED) is 0.479. The Hall–Kier alpha value is -0.840. The third kappa shape index (κ3) is 5.30. The summed E-state index contributed by atoms with van der Waals surface area (Å²) < 4.78 is 0. The molecule has 0 radical (unpaired) electrons. The van der Waals surface area contributed by atoms with Crippen LogP contribution < -0.4 is 16.0 Å². The van der Waals surface area contributed by atoms with Gasteiger partial charge in [0, 0.05) is 12.6 Å². The number of carbonyl (C=O) groups is 1. The zero-order valence-electron chi connectivity index (χ0n) is 10.0. The average Bonchev–Trinajstić information content (AvgIpc) is 3.02. The Balaban J connectivity index is 2.13. The van der Waals surface area contributed by atoms with Crippen molar-refractivity contribution in [3.63, 3.8) is 0 Å². The largest absolute Gasteiger partial charge is 0.363 e. The highest BCUT2D eigenvalue weighted by Crippen LogP contribution is 2.18. The summed E-state index contributed by atoms with van der Waals surface area (Å²) >= 11 is 5.09. The topological polar surface area (TPSA) is 53.2 Å². The van der Waals surface area contributed by atoms with Crippen molar-refractivity contribution < 1.29 is 4.79 Å². The van der Waals surface area contributed by atoms with Gasteiger partial charge in [-0.15, -0.1) is 0 Å². The molecule has 1 aliphatic rings. The second-order valence-electron chi connectivity index (χ2n) is 4.26. The van der Waals surface area contributed by atoms with Gasteiger partial charge in [0.2, 0.25) is 5.91 Å². The fourth-order valence-corrected chi connectivity index (χ4v) is 1.52. The van der Waals surface area contributed by atoms with Gasteiger partial charge in [-0.2, -0.15) is 0 Å². The molecular weight excluding hydrogens is 222 g/mol. The summed E-state index contributed by atoms with van der Waals surface area (Å²) in [5.41, 5.74) is 0. The van der Waals surface area contributed by atoms with Crippen molar-refractivity contribution in [1.29, 1.82) is 0 Å². The van der Waals surface area contributed by atoms with E-state index in [-0.39, 0.29) is 11.9 Å². The molecule has 92 valence electrons. The first-order chi connectivity index (χ1) is 7.63. The average molecular weight is 243 g/mol. The van der Waals surface area contributed by atoms with E-state index in [4.69, 9.17) is 12.2 Å². The smallest absolute Gasteiger partial charge is 0.242 e. The molecule has 0 saturated heterocycles. The fourth-order valence-electron chi connectivity index (χ4n) is 1.25. The van der Waals surface area contributed by atoms with Gasteiger partial charge in [-0.3, -0.25) is 4.79 Å². The van der Waals surface area contributed by atoms with Gasteiger partial charge in [0.05, 0.1) is 0 Å². The minimum Gasteiger partial charge on any atom is -0.363 e. The summed E-state index contributed by atoms with van der Waals surface area (Å²) in [6.45, 7) is 4.81. The molecule has 0 spiro atoms. The molecule has 1 unspecified atom stereocenters. The van der Waals surface area contributed by atoms with Crippen LogP contribution in [0.4, 0.5) is 0 Å². The van der Waals surface area contributed by atoms with E-state index in [1.54, 1.807) is 0 Å². The first-order valence-electron chi connectivity index (χ1n) is 5.98. The van der Waals surface area contributed by atoms with E-state index < -0.39 is 0 Å². The van der Waals surface area contributed by atoms with Crippen LogP contribution in [0.1, 0.15) is 39.5 Å². The monoisotopic (exact) mass is 243 g/mol. The Kier molecular flexibility index (Phi) is 5.52. The van der Waals surface area contributed by atoms with Crippen LogP contribution in [0.5, 0.6) is 0 Å². The lowest BCUT2D eigenvalue weighted by molar-refractivity contribution is -0.122. The van der Waals surface area contributed by atoms with Gasteiger partial charge < -0.3 is 16.0 Å². The highest BCUT2D eigenvalue weighted by molar-refractivity contribution is 7.80. The van der Waals surface area contributed by atoms with Crippen LogP contribution in [0.15, 0.2) is 0 Å². The van der Waals surface area contributed by atoms with Crippen LogP contribution in [-0.2, 0) is 4.79 Å². The van der Waals surface area contributed by atoms with Crippen molar-refractivity contribution in [3.8, 4) is 0 Å². The van der Waals surface area contributed by atoms with Crippen LogP contribution >= 0.6 is 12.2 Å². The molecule has 1 amide bonds. The van der Waals surface area contributed by atoms with E-state index in [1.165, 1.54) is 0 Å². The predicted molar refractivity (Wildman–Crippen MR) is 69.3 cm³/mol. The van der Waals surface area contributed by atoms with Crippen molar-refractivity contribution in [2.75, 3.05) is 6.54 Å². The highest BCUT2D eigenvalue weighted by Gasteiger charge is 2.25. The summed E-state index contributed by atoms with van der Waals surface area (Å²) in [6, 6.07) is 0.139. The second kappa shape index (κ2) is 6.68. The van der Waals surface area contributed by atoms with Crippen LogP contribution in [0, 0.1) is 0 Å². The van der Waals surface area contributed by atoms with E-state index in [0.29, 0.717) is 11.2 Å². The van der Waals surface area contributed by atoms with Gasteiger partial charge in [0.25, 0.3) is 0 Å². The van der Waals surface area contributed by atoms with Gasteiger partial charge in [0.15, 0.2) is 5.11 Å². The van der Waals surface area contributed by atoms with Gasteiger partial charge in [-0.05, 0) is 38.4 Å². The van der Waals surface area contributed by atoms with Crippen LogP contribution in [-0.4, -0.2) is 29.6 Å². The summed E-state index contributed by atoms with van der Waals surface area (Å²) in [7, 11) is 0. The Morgan fingerprint density at radius 1 is 1.50 bits per heavy atom. The van der Waals surface area contributed by atoms with Crippen molar-refractivity contribution >= 4 is 23.2 Å². The first-order valence-corrected chi connectivity index (χ1v) is 6.39. The van der Waals surface area contributed by atoms with Gasteiger partial charge in [-0.1, -0.05) is 13.3 Å². The number of carbonyl (C=O) groups excluding carboxylic acids is 1. The van der Waals surface area contributed by atoms with E-state index in [9.17, 15) is 4.79 Å². The number of thiocarbonyl (C=S) groups is 1. The summed E-state index contributed by atoms with van der Waals surface area (Å²) in [5, 5.41) is 9.56. The molecule has 1 fully saturated rings. The van der Waals surface area contributed by atoms with Gasteiger partial charge in [-0.25, -0.2) is 0 Å². The number of amides is 1. The standard InChI is InChI=1S/C11H21N3OS/c1-3-4-7-12-11(16)13-8(2)10(15)14-9-5-6-9/h8-9H,3-7H2,1-2H3,(H,14,15)(H2,12,13,16). The maximum Gasteiger partial charge on any atom is 0.242 e. The Labute approximate surface area is 103 Å². The maximum atomic E-state index is 11.6. The molecule has 1 saturated carbocycles. The molecule has 5 heteroatoms. The Bertz CT molecular complexity index is 254. The Morgan fingerprint density at radius 3 is 2.75 bits per heavy atom. The Morgan fingerprint density at radius 2 is 2.19 bits per heavy atom. The molecular formula is C11H21N3OS. The molecule has 0 aliphatic heterocycles. The molecule has 0 aromatic heterocycles. The first kappa shape index (κ1) is 13.2. The summed E-state index contributed by atoms with van der Waals surface area (Å²) in [5.74, 6) is 0.0298. The van der Waals surface area contributed by atoms with Crippen molar-refractivity contribution in [3.05, 3.63) is 0 Å². The molecule has 1 atom stereocenters. The molecule has 1 rings (SSSR count). The molecule has 1 aliphatic carbocycles. The predicted octanol–water partition coefficient (Wildman–Crippen LogP) is 0.918. The lowest BCUT2D eigenvalue weighted by atomic mass is 10.3. The normalized spacial score (nSPS) is 16.4. The third-order valence-corrected chi connectivity index (χ3v) is 2.74. The number of rotatable bonds is 6. The van der Waals surface area contributed by atoms with E-state index in [0.717, 1.165) is 32.2 Å². The van der Waals surface area contributed by atoms with Gasteiger partial charge >= 0.3 is 0 Å². The molecule has 0 aromatic carbocycles. The number of unbranched alkanes of at least 4 members (excludes halogenated alkanes) is 1. The molecule has 16 heavy (non-hydrogen) atoms. The fraction of sp³-hybridized carbons (Fsp3) is 0.818. The maximum absolute atomic E-state index is 11.6. The number of hydrogen-bond donors (Lipinski definition) is 3. The lowest BCUT2D eigenvalue weighted by Gasteiger charge is -2.16. The van der Waals surface area contributed by atoms with Crippen LogP contribution in [0.3, 0.4) is 0 Å². The van der Waals surface area contributed by atoms with Gasteiger partial charge in [0.1, 0.15) is 6.04 Å². The minimum absolute atomic E-state index is 0.0298. The van der Waals surface area contributed by atoms with E-state index in [1.807, 2.05) is 6.92 Å². The molecule has 0 aromatic rings. The van der Waals surface area contributed by atoms with Crippen molar-refractivity contribution in [1.82, 2.24) is 16.0 Å². The minimum atomic E-state index is -0.262.